The first-order valence-electron chi connectivity index (χ1n) is 4.69. The van der Waals surface area contributed by atoms with Gasteiger partial charge in [0.15, 0.2) is 0 Å². The second-order valence-corrected chi connectivity index (χ2v) is 4.88. The van der Waals surface area contributed by atoms with Gasteiger partial charge in [-0.25, -0.2) is 4.39 Å². The molecule has 0 amide bonds. The van der Waals surface area contributed by atoms with Crippen LogP contribution in [-0.4, -0.2) is 6.54 Å². The van der Waals surface area contributed by atoms with E-state index in [4.69, 9.17) is 11.6 Å². The van der Waals surface area contributed by atoms with E-state index in [-0.39, 0.29) is 16.3 Å². The van der Waals surface area contributed by atoms with E-state index in [2.05, 4.69) is 19.2 Å². The normalized spacial score (nSPS) is 24.4. The molecule has 1 aromatic carbocycles. The monoisotopic (exact) mass is 213 g/mol. The van der Waals surface area contributed by atoms with E-state index < -0.39 is 0 Å². The molecule has 14 heavy (non-hydrogen) atoms. The fraction of sp³-hybridized carbons (Fsp3) is 0.455. The zero-order valence-electron chi connectivity index (χ0n) is 8.27. The predicted octanol–water partition coefficient (Wildman–Crippen LogP) is 3.15. The Balaban J connectivity index is 2.30. The van der Waals surface area contributed by atoms with Crippen molar-refractivity contribution in [3.8, 4) is 0 Å². The van der Waals surface area contributed by atoms with Crippen molar-refractivity contribution in [1.29, 1.82) is 0 Å². The number of nitrogens with one attached hydrogen (secondary N) is 1. The van der Waals surface area contributed by atoms with Gasteiger partial charge in [-0.1, -0.05) is 31.5 Å². The van der Waals surface area contributed by atoms with Gasteiger partial charge in [0.25, 0.3) is 0 Å². The van der Waals surface area contributed by atoms with Crippen LogP contribution in [0.3, 0.4) is 0 Å². The third-order valence-corrected chi connectivity index (χ3v) is 3.11. The number of halogens is 2. The van der Waals surface area contributed by atoms with Crippen molar-refractivity contribution in [2.75, 3.05) is 6.54 Å². The van der Waals surface area contributed by atoms with Crippen molar-refractivity contribution in [3.05, 3.63) is 34.6 Å². The average Bonchev–Trinajstić information content (AvgIpc) is 2.10. The molecule has 0 spiro atoms. The Morgan fingerprint density at radius 1 is 1.50 bits per heavy atom. The molecule has 0 aliphatic carbocycles. The summed E-state index contributed by atoms with van der Waals surface area (Å²) in [4.78, 5) is 0. The summed E-state index contributed by atoms with van der Waals surface area (Å²) in [6.45, 7) is 5.36. The summed E-state index contributed by atoms with van der Waals surface area (Å²) in [5, 5.41) is 3.52. The zero-order valence-corrected chi connectivity index (χ0v) is 9.03. The van der Waals surface area contributed by atoms with E-state index >= 15 is 0 Å². The van der Waals surface area contributed by atoms with E-state index in [1.54, 1.807) is 12.1 Å². The van der Waals surface area contributed by atoms with Crippen LogP contribution in [0.4, 0.5) is 4.39 Å². The summed E-state index contributed by atoms with van der Waals surface area (Å²) >= 11 is 5.73. The molecule has 1 heterocycles. The largest absolute Gasteiger partial charge is 0.309 e. The fourth-order valence-electron chi connectivity index (χ4n) is 1.87. The van der Waals surface area contributed by atoms with Crippen molar-refractivity contribution >= 4 is 11.6 Å². The van der Waals surface area contributed by atoms with E-state index in [1.807, 2.05) is 0 Å². The quantitative estimate of drug-likeness (QED) is 0.756. The van der Waals surface area contributed by atoms with Crippen LogP contribution in [0.15, 0.2) is 18.2 Å². The SMILES string of the molecule is CC1(C)CNC1c1ccc(F)c(Cl)c1. The molecule has 0 saturated carbocycles. The van der Waals surface area contributed by atoms with Crippen molar-refractivity contribution in [1.82, 2.24) is 5.32 Å². The van der Waals surface area contributed by atoms with Crippen LogP contribution in [0.25, 0.3) is 0 Å². The first-order valence-corrected chi connectivity index (χ1v) is 5.07. The second-order valence-electron chi connectivity index (χ2n) is 4.48. The molecule has 2 rings (SSSR count). The molecule has 1 aliphatic rings. The molecular formula is C11H13ClFN. The molecule has 1 aromatic rings. The third-order valence-electron chi connectivity index (χ3n) is 2.82. The van der Waals surface area contributed by atoms with E-state index in [0.717, 1.165) is 12.1 Å². The third kappa shape index (κ3) is 1.53. The first-order chi connectivity index (χ1) is 6.50. The molecule has 0 bridgehead atoms. The van der Waals surface area contributed by atoms with Crippen molar-refractivity contribution in [3.63, 3.8) is 0 Å². The Morgan fingerprint density at radius 3 is 2.64 bits per heavy atom. The molecule has 1 unspecified atom stereocenters. The maximum absolute atomic E-state index is 12.9. The van der Waals surface area contributed by atoms with Gasteiger partial charge in [-0.05, 0) is 23.1 Å². The van der Waals surface area contributed by atoms with Gasteiger partial charge in [0.05, 0.1) is 5.02 Å². The van der Waals surface area contributed by atoms with Crippen LogP contribution in [0.5, 0.6) is 0 Å². The van der Waals surface area contributed by atoms with Crippen LogP contribution < -0.4 is 5.32 Å². The van der Waals surface area contributed by atoms with Crippen LogP contribution in [0.1, 0.15) is 25.5 Å². The lowest BCUT2D eigenvalue weighted by atomic mass is 9.74. The van der Waals surface area contributed by atoms with Crippen LogP contribution in [-0.2, 0) is 0 Å². The van der Waals surface area contributed by atoms with Gasteiger partial charge in [-0.3, -0.25) is 0 Å². The van der Waals surface area contributed by atoms with Gasteiger partial charge in [-0.2, -0.15) is 0 Å². The van der Waals surface area contributed by atoms with E-state index in [9.17, 15) is 4.39 Å². The fourth-order valence-corrected chi connectivity index (χ4v) is 2.06. The van der Waals surface area contributed by atoms with Crippen molar-refractivity contribution in [2.24, 2.45) is 5.41 Å². The van der Waals surface area contributed by atoms with Gasteiger partial charge < -0.3 is 5.32 Å². The van der Waals surface area contributed by atoms with E-state index in [0.29, 0.717) is 6.04 Å². The van der Waals surface area contributed by atoms with Gasteiger partial charge >= 0.3 is 0 Å². The molecule has 1 fully saturated rings. The summed E-state index contributed by atoms with van der Waals surface area (Å²) in [5.41, 5.74) is 1.30. The Bertz CT molecular complexity index is 362. The molecule has 1 atom stereocenters. The minimum absolute atomic E-state index is 0.201. The molecular weight excluding hydrogens is 201 g/mol. The Labute approximate surface area is 88.3 Å². The van der Waals surface area contributed by atoms with Crippen LogP contribution in [0.2, 0.25) is 5.02 Å². The van der Waals surface area contributed by atoms with E-state index in [1.165, 1.54) is 6.07 Å². The number of rotatable bonds is 1. The van der Waals surface area contributed by atoms with Crippen molar-refractivity contribution < 1.29 is 4.39 Å². The van der Waals surface area contributed by atoms with Crippen LogP contribution >= 0.6 is 11.6 Å². The Morgan fingerprint density at radius 2 is 2.21 bits per heavy atom. The van der Waals surface area contributed by atoms with Crippen LogP contribution in [0, 0.1) is 11.2 Å². The van der Waals surface area contributed by atoms with Gasteiger partial charge in [0.2, 0.25) is 0 Å². The molecule has 76 valence electrons. The summed E-state index contributed by atoms with van der Waals surface area (Å²) in [6.07, 6.45) is 0. The standard InChI is InChI=1S/C11H13ClFN/c1-11(2)6-14-10(11)7-3-4-9(13)8(12)5-7/h3-5,10,14H,6H2,1-2H3. The topological polar surface area (TPSA) is 12.0 Å². The molecule has 1 aliphatic heterocycles. The maximum atomic E-state index is 12.9. The number of hydrogen-bond acceptors (Lipinski definition) is 1. The lowest BCUT2D eigenvalue weighted by Crippen LogP contribution is -2.52. The average molecular weight is 214 g/mol. The highest BCUT2D eigenvalue weighted by molar-refractivity contribution is 6.30. The Hall–Kier alpha value is -0.600. The second kappa shape index (κ2) is 3.21. The lowest BCUT2D eigenvalue weighted by Gasteiger charge is -2.46. The minimum atomic E-state index is -0.354. The number of benzene rings is 1. The summed E-state index contributed by atoms with van der Waals surface area (Å²) < 4.78 is 12.9. The highest BCUT2D eigenvalue weighted by Crippen LogP contribution is 2.40. The molecule has 0 radical (unpaired) electrons. The molecule has 1 N–H and O–H groups in total. The van der Waals surface area contributed by atoms with Gasteiger partial charge in [0.1, 0.15) is 5.82 Å². The van der Waals surface area contributed by atoms with Crippen molar-refractivity contribution in [2.45, 2.75) is 19.9 Å². The summed E-state index contributed by atoms with van der Waals surface area (Å²) in [7, 11) is 0. The highest BCUT2D eigenvalue weighted by Gasteiger charge is 2.39. The molecule has 0 aromatic heterocycles. The zero-order chi connectivity index (χ0) is 10.3. The summed E-state index contributed by atoms with van der Waals surface area (Å²) in [5.74, 6) is -0.354. The van der Waals surface area contributed by atoms with Gasteiger partial charge in [0, 0.05) is 12.6 Å². The maximum Gasteiger partial charge on any atom is 0.141 e. The Kier molecular flexibility index (Phi) is 2.28. The summed E-state index contributed by atoms with van der Waals surface area (Å²) in [6, 6.07) is 5.21. The molecule has 1 saturated heterocycles. The minimum Gasteiger partial charge on any atom is -0.309 e. The molecule has 1 nitrogen and oxygen atoms in total. The first kappa shape index (κ1) is 9.94. The number of hydrogen-bond donors (Lipinski definition) is 1. The predicted molar refractivity (Wildman–Crippen MR) is 55.9 cm³/mol. The smallest absolute Gasteiger partial charge is 0.141 e. The lowest BCUT2D eigenvalue weighted by molar-refractivity contribution is 0.128. The highest BCUT2D eigenvalue weighted by atomic mass is 35.5. The van der Waals surface area contributed by atoms with Gasteiger partial charge in [-0.15, -0.1) is 0 Å². The molecule has 3 heteroatoms.